The van der Waals surface area contributed by atoms with E-state index >= 15 is 0 Å². The van der Waals surface area contributed by atoms with E-state index in [2.05, 4.69) is 0 Å². The van der Waals surface area contributed by atoms with Crippen LogP contribution in [0.3, 0.4) is 0 Å². The second-order valence-electron chi connectivity index (χ2n) is 6.01. The van der Waals surface area contributed by atoms with Gasteiger partial charge in [0.1, 0.15) is 0 Å². The highest BCUT2D eigenvalue weighted by Crippen LogP contribution is 2.35. The summed E-state index contributed by atoms with van der Waals surface area (Å²) in [6, 6.07) is 8.08. The van der Waals surface area contributed by atoms with Crippen molar-refractivity contribution >= 4 is 11.9 Å². The first kappa shape index (κ1) is 17.5. The van der Waals surface area contributed by atoms with Crippen LogP contribution in [0.25, 0.3) is 0 Å². The molecule has 5 nitrogen and oxygen atoms in total. The van der Waals surface area contributed by atoms with Crippen molar-refractivity contribution in [1.82, 2.24) is 4.90 Å². The normalized spacial score (nSPS) is 21.0. The molecule has 126 valence electrons. The van der Waals surface area contributed by atoms with Gasteiger partial charge in [-0.3, -0.25) is 9.59 Å². The molecule has 0 spiro atoms. The molecule has 1 saturated heterocycles. The molecule has 1 aliphatic rings. The van der Waals surface area contributed by atoms with Crippen molar-refractivity contribution in [2.45, 2.75) is 39.2 Å². The number of aryl methyl sites for hydroxylation is 1. The van der Waals surface area contributed by atoms with E-state index in [-0.39, 0.29) is 30.9 Å². The van der Waals surface area contributed by atoms with Crippen LogP contribution in [0.15, 0.2) is 24.3 Å². The quantitative estimate of drug-likeness (QED) is 0.875. The van der Waals surface area contributed by atoms with Crippen LogP contribution in [-0.4, -0.2) is 41.6 Å². The lowest BCUT2D eigenvalue weighted by atomic mass is 9.88. The third-order valence-corrected chi connectivity index (χ3v) is 4.33. The van der Waals surface area contributed by atoms with Crippen LogP contribution in [-0.2, 0) is 14.3 Å². The average Bonchev–Trinajstić information content (AvgIpc) is 2.55. The molecule has 5 heteroatoms. The van der Waals surface area contributed by atoms with Gasteiger partial charge in [-0.15, -0.1) is 0 Å². The molecule has 0 bridgehead atoms. The Kier molecular flexibility index (Phi) is 6.16. The van der Waals surface area contributed by atoms with Crippen molar-refractivity contribution in [3.8, 4) is 0 Å². The number of carbonyl (C=O) groups excluding carboxylic acids is 1. The number of carbonyl (C=O) groups is 2. The lowest BCUT2D eigenvalue weighted by Gasteiger charge is -2.34. The Hall–Kier alpha value is -1.88. The maximum absolute atomic E-state index is 12.8. The Morgan fingerprint density at radius 2 is 2.00 bits per heavy atom. The molecule has 0 saturated carbocycles. The minimum atomic E-state index is -0.883. The number of rotatable bonds is 6. The summed E-state index contributed by atoms with van der Waals surface area (Å²) < 4.78 is 5.89. The van der Waals surface area contributed by atoms with Crippen molar-refractivity contribution < 1.29 is 19.4 Å². The lowest BCUT2D eigenvalue weighted by Crippen LogP contribution is -2.41. The Bertz CT molecular complexity index is 540. The number of benzene rings is 1. The third kappa shape index (κ3) is 4.55. The molecule has 0 aliphatic carbocycles. The van der Waals surface area contributed by atoms with Crippen molar-refractivity contribution in [3.05, 3.63) is 35.4 Å². The molecule has 2 rings (SSSR count). The zero-order chi connectivity index (χ0) is 16.8. The van der Waals surface area contributed by atoms with E-state index in [0.717, 1.165) is 18.4 Å². The number of amides is 1. The fourth-order valence-electron chi connectivity index (χ4n) is 3.01. The number of hydrogen-bond donors (Lipinski definition) is 1. The van der Waals surface area contributed by atoms with Crippen molar-refractivity contribution in [1.29, 1.82) is 0 Å². The number of nitrogens with zero attached hydrogens (tertiary/aromatic N) is 1. The number of carboxylic acids is 1. The molecule has 1 fully saturated rings. The highest BCUT2D eigenvalue weighted by Gasteiger charge is 2.35. The smallest absolute Gasteiger partial charge is 0.305 e. The summed E-state index contributed by atoms with van der Waals surface area (Å²) in [4.78, 5) is 25.3. The standard InChI is InChI=1S/C18H25NO4/c1-3-19(11-10-16(20)21)18(22)15-5-4-12-23-17(15)14-8-6-13(2)7-9-14/h6-9,15,17H,3-5,10-12H2,1-2H3,(H,20,21). The van der Waals surface area contributed by atoms with E-state index in [9.17, 15) is 9.59 Å². The van der Waals surface area contributed by atoms with Gasteiger partial charge in [-0.1, -0.05) is 29.8 Å². The first-order valence-electron chi connectivity index (χ1n) is 8.21. The van der Waals surface area contributed by atoms with Crippen LogP contribution in [0.4, 0.5) is 0 Å². The minimum Gasteiger partial charge on any atom is -0.481 e. The van der Waals surface area contributed by atoms with Crippen LogP contribution in [0.1, 0.15) is 43.4 Å². The first-order chi connectivity index (χ1) is 11.0. The summed E-state index contributed by atoms with van der Waals surface area (Å²) in [5, 5.41) is 8.84. The van der Waals surface area contributed by atoms with Gasteiger partial charge in [0.2, 0.25) is 5.91 Å². The monoisotopic (exact) mass is 319 g/mol. The van der Waals surface area contributed by atoms with Crippen LogP contribution in [0.5, 0.6) is 0 Å². The fourth-order valence-corrected chi connectivity index (χ4v) is 3.01. The number of hydrogen-bond acceptors (Lipinski definition) is 3. The molecule has 0 aromatic heterocycles. The van der Waals surface area contributed by atoms with Gasteiger partial charge in [0, 0.05) is 19.7 Å². The highest BCUT2D eigenvalue weighted by atomic mass is 16.5. The van der Waals surface area contributed by atoms with Gasteiger partial charge < -0.3 is 14.7 Å². The molecule has 1 N–H and O–H groups in total. The zero-order valence-electron chi connectivity index (χ0n) is 13.8. The lowest BCUT2D eigenvalue weighted by molar-refractivity contribution is -0.146. The van der Waals surface area contributed by atoms with E-state index in [1.54, 1.807) is 4.90 Å². The molecular weight excluding hydrogens is 294 g/mol. The summed E-state index contributed by atoms with van der Waals surface area (Å²) in [7, 11) is 0. The van der Waals surface area contributed by atoms with Crippen LogP contribution in [0, 0.1) is 12.8 Å². The molecule has 1 heterocycles. The summed E-state index contributed by atoms with van der Waals surface area (Å²) in [5.41, 5.74) is 2.19. The highest BCUT2D eigenvalue weighted by molar-refractivity contribution is 5.80. The molecule has 1 amide bonds. The SMILES string of the molecule is CCN(CCC(=O)O)C(=O)C1CCCOC1c1ccc(C)cc1. The molecule has 0 radical (unpaired) electrons. The fraction of sp³-hybridized carbons (Fsp3) is 0.556. The Labute approximate surface area is 137 Å². The van der Waals surface area contributed by atoms with E-state index < -0.39 is 5.97 Å². The van der Waals surface area contributed by atoms with Gasteiger partial charge in [0.25, 0.3) is 0 Å². The largest absolute Gasteiger partial charge is 0.481 e. The van der Waals surface area contributed by atoms with E-state index in [1.165, 1.54) is 5.56 Å². The Morgan fingerprint density at radius 1 is 1.30 bits per heavy atom. The van der Waals surface area contributed by atoms with Crippen molar-refractivity contribution in [2.24, 2.45) is 5.92 Å². The van der Waals surface area contributed by atoms with Gasteiger partial charge in [-0.05, 0) is 32.3 Å². The second kappa shape index (κ2) is 8.11. The topological polar surface area (TPSA) is 66.8 Å². The third-order valence-electron chi connectivity index (χ3n) is 4.33. The average molecular weight is 319 g/mol. The summed E-state index contributed by atoms with van der Waals surface area (Å²) in [5.74, 6) is -1.12. The molecule has 1 aliphatic heterocycles. The van der Waals surface area contributed by atoms with Crippen LogP contribution in [0.2, 0.25) is 0 Å². The minimum absolute atomic E-state index is 0.000903. The second-order valence-corrected chi connectivity index (χ2v) is 6.01. The van der Waals surface area contributed by atoms with Gasteiger partial charge in [-0.25, -0.2) is 0 Å². The van der Waals surface area contributed by atoms with Gasteiger partial charge in [0.15, 0.2) is 0 Å². The summed E-state index contributed by atoms with van der Waals surface area (Å²) in [6.07, 6.45) is 1.37. The summed E-state index contributed by atoms with van der Waals surface area (Å²) >= 11 is 0. The predicted octanol–water partition coefficient (Wildman–Crippen LogP) is 2.79. The predicted molar refractivity (Wildman–Crippen MR) is 87.1 cm³/mol. The maximum atomic E-state index is 12.8. The molecule has 1 aromatic carbocycles. The van der Waals surface area contributed by atoms with Crippen molar-refractivity contribution in [2.75, 3.05) is 19.7 Å². The van der Waals surface area contributed by atoms with Gasteiger partial charge >= 0.3 is 5.97 Å². The molecule has 23 heavy (non-hydrogen) atoms. The molecular formula is C18H25NO4. The molecule has 1 aromatic rings. The van der Waals surface area contributed by atoms with Crippen LogP contribution >= 0.6 is 0 Å². The van der Waals surface area contributed by atoms with E-state index in [4.69, 9.17) is 9.84 Å². The van der Waals surface area contributed by atoms with Crippen molar-refractivity contribution in [3.63, 3.8) is 0 Å². The van der Waals surface area contributed by atoms with E-state index in [0.29, 0.717) is 13.2 Å². The molecule has 2 atom stereocenters. The zero-order valence-corrected chi connectivity index (χ0v) is 13.8. The number of ether oxygens (including phenoxy) is 1. The van der Waals surface area contributed by atoms with Crippen LogP contribution < -0.4 is 0 Å². The molecule has 2 unspecified atom stereocenters. The summed E-state index contributed by atoms with van der Waals surface area (Å²) in [6.45, 7) is 5.33. The maximum Gasteiger partial charge on any atom is 0.305 e. The van der Waals surface area contributed by atoms with Gasteiger partial charge in [0.05, 0.1) is 18.4 Å². The Morgan fingerprint density at radius 3 is 2.61 bits per heavy atom. The first-order valence-corrected chi connectivity index (χ1v) is 8.21. The van der Waals surface area contributed by atoms with Gasteiger partial charge in [-0.2, -0.15) is 0 Å². The Balaban J connectivity index is 2.14. The van der Waals surface area contributed by atoms with E-state index in [1.807, 2.05) is 38.1 Å². The number of aliphatic carboxylic acids is 1. The number of carboxylic acid groups (broad SMARTS) is 1.